The largest absolute Gasteiger partial charge is 0.356 e. The van der Waals surface area contributed by atoms with Crippen LogP contribution in [0.4, 0.5) is 0 Å². The molecule has 2 aromatic rings. The Labute approximate surface area is 200 Å². The molecule has 0 bridgehead atoms. The predicted octanol–water partition coefficient (Wildman–Crippen LogP) is 4.27. The lowest BCUT2D eigenvalue weighted by atomic mass is 10.1. The Morgan fingerprint density at radius 2 is 1.90 bits per heavy atom. The topological polar surface area (TPSA) is 67.1 Å². The van der Waals surface area contributed by atoms with Crippen molar-refractivity contribution < 1.29 is 0 Å². The molecule has 0 spiro atoms. The first kappa shape index (κ1) is 26.0. The summed E-state index contributed by atoms with van der Waals surface area (Å²) in [6.45, 7) is 7.00. The zero-order valence-corrected chi connectivity index (χ0v) is 21.5. The van der Waals surface area contributed by atoms with Gasteiger partial charge in [0.1, 0.15) is 5.82 Å². The maximum Gasteiger partial charge on any atom is 0.190 e. The monoisotopic (exact) mass is 550 g/mol. The van der Waals surface area contributed by atoms with Crippen molar-refractivity contribution in [2.24, 2.45) is 10.9 Å². The highest BCUT2D eigenvalue weighted by Crippen LogP contribution is 2.17. The standard InChI is InChI=1S/C20H31ClN6S.HI/c1-15(2)14-27-18(25-26-20(27)28-4)10-7-12-23-19(22-3)24-13-11-16-8-5-6-9-17(16)21;/h5-6,8-9,15H,7,10-14H2,1-4H3,(H2,22,23,24);1H. The Hall–Kier alpha value is -1.000. The first-order chi connectivity index (χ1) is 13.5. The SMILES string of the molecule is CN=C(NCCCc1nnc(SC)n1CC(C)C)NCCc1ccccc1Cl.I. The zero-order valence-electron chi connectivity index (χ0n) is 17.6. The molecule has 2 N–H and O–H groups in total. The maximum atomic E-state index is 6.20. The van der Waals surface area contributed by atoms with E-state index in [2.05, 4.69) is 50.3 Å². The Balaban J connectivity index is 0.00000420. The van der Waals surface area contributed by atoms with Crippen LogP contribution in [0, 0.1) is 5.92 Å². The average Bonchev–Trinajstić information content (AvgIpc) is 3.06. The Morgan fingerprint density at radius 1 is 1.17 bits per heavy atom. The molecule has 0 saturated heterocycles. The van der Waals surface area contributed by atoms with E-state index in [9.17, 15) is 0 Å². The van der Waals surface area contributed by atoms with Gasteiger partial charge in [0, 0.05) is 38.1 Å². The van der Waals surface area contributed by atoms with Crippen molar-refractivity contribution in [2.75, 3.05) is 26.4 Å². The number of nitrogens with one attached hydrogen (secondary N) is 2. The van der Waals surface area contributed by atoms with Crippen molar-refractivity contribution in [3.63, 3.8) is 0 Å². The van der Waals surface area contributed by atoms with Gasteiger partial charge in [0.25, 0.3) is 0 Å². The highest BCUT2D eigenvalue weighted by Gasteiger charge is 2.12. The van der Waals surface area contributed by atoms with Crippen LogP contribution in [0.15, 0.2) is 34.4 Å². The molecule has 0 saturated carbocycles. The lowest BCUT2D eigenvalue weighted by Gasteiger charge is -2.13. The van der Waals surface area contributed by atoms with Crippen molar-refractivity contribution >= 4 is 53.3 Å². The van der Waals surface area contributed by atoms with Crippen LogP contribution in [0.1, 0.15) is 31.7 Å². The number of rotatable bonds is 10. The molecule has 29 heavy (non-hydrogen) atoms. The van der Waals surface area contributed by atoms with Crippen LogP contribution in [-0.4, -0.2) is 47.1 Å². The van der Waals surface area contributed by atoms with Gasteiger partial charge in [0.05, 0.1) is 0 Å². The Bertz CT molecular complexity index is 765. The summed E-state index contributed by atoms with van der Waals surface area (Å²) < 4.78 is 2.24. The van der Waals surface area contributed by atoms with Crippen molar-refractivity contribution in [3.05, 3.63) is 40.7 Å². The molecule has 0 amide bonds. The van der Waals surface area contributed by atoms with Gasteiger partial charge < -0.3 is 15.2 Å². The molecule has 9 heteroatoms. The van der Waals surface area contributed by atoms with Crippen LogP contribution in [-0.2, 0) is 19.4 Å². The molecule has 162 valence electrons. The van der Waals surface area contributed by atoms with Gasteiger partial charge in [-0.25, -0.2) is 0 Å². The molecule has 0 atom stereocenters. The van der Waals surface area contributed by atoms with Gasteiger partial charge in [-0.1, -0.05) is 55.4 Å². The zero-order chi connectivity index (χ0) is 20.4. The van der Waals surface area contributed by atoms with E-state index in [-0.39, 0.29) is 24.0 Å². The quantitative estimate of drug-likeness (QED) is 0.152. The van der Waals surface area contributed by atoms with Gasteiger partial charge in [0.2, 0.25) is 0 Å². The van der Waals surface area contributed by atoms with Crippen molar-refractivity contribution in [1.82, 2.24) is 25.4 Å². The van der Waals surface area contributed by atoms with Crippen molar-refractivity contribution in [1.29, 1.82) is 0 Å². The fraction of sp³-hybridized carbons (Fsp3) is 0.550. The molecule has 1 aromatic carbocycles. The van der Waals surface area contributed by atoms with E-state index in [0.717, 1.165) is 66.4 Å². The lowest BCUT2D eigenvalue weighted by Crippen LogP contribution is -2.38. The van der Waals surface area contributed by atoms with Crippen LogP contribution >= 0.6 is 47.3 Å². The molecule has 0 aliphatic heterocycles. The Kier molecular flexibility index (Phi) is 12.6. The molecule has 0 aliphatic rings. The van der Waals surface area contributed by atoms with E-state index in [4.69, 9.17) is 11.6 Å². The second-order valence-electron chi connectivity index (χ2n) is 6.98. The van der Waals surface area contributed by atoms with Crippen LogP contribution < -0.4 is 10.6 Å². The fourth-order valence-corrected chi connectivity index (χ4v) is 3.65. The summed E-state index contributed by atoms with van der Waals surface area (Å²) in [5.41, 5.74) is 1.14. The second kappa shape index (κ2) is 14.1. The summed E-state index contributed by atoms with van der Waals surface area (Å²) >= 11 is 7.85. The summed E-state index contributed by atoms with van der Waals surface area (Å²) in [5.74, 6) is 2.43. The molecule has 0 unspecified atom stereocenters. The first-order valence-electron chi connectivity index (χ1n) is 9.69. The summed E-state index contributed by atoms with van der Waals surface area (Å²) in [7, 11) is 1.79. The fourth-order valence-electron chi connectivity index (χ4n) is 2.89. The summed E-state index contributed by atoms with van der Waals surface area (Å²) in [6.07, 6.45) is 4.76. The Morgan fingerprint density at radius 3 is 2.55 bits per heavy atom. The third-order valence-corrected chi connectivity index (χ3v) is 5.30. The average molecular weight is 551 g/mol. The van der Waals surface area contributed by atoms with Crippen LogP contribution in [0.2, 0.25) is 5.02 Å². The minimum Gasteiger partial charge on any atom is -0.356 e. The third kappa shape index (κ3) is 8.72. The van der Waals surface area contributed by atoms with E-state index in [1.54, 1.807) is 18.8 Å². The minimum atomic E-state index is 0. The molecular formula is C20H32ClIN6S. The van der Waals surface area contributed by atoms with Gasteiger partial charge in [-0.2, -0.15) is 0 Å². The number of aryl methyl sites for hydroxylation is 1. The molecule has 1 aromatic heterocycles. The number of nitrogens with zero attached hydrogens (tertiary/aromatic N) is 4. The number of aromatic nitrogens is 3. The lowest BCUT2D eigenvalue weighted by molar-refractivity contribution is 0.477. The number of benzene rings is 1. The first-order valence-corrected chi connectivity index (χ1v) is 11.3. The van der Waals surface area contributed by atoms with Crippen molar-refractivity contribution in [2.45, 2.75) is 44.8 Å². The summed E-state index contributed by atoms with van der Waals surface area (Å²) in [5, 5.41) is 17.2. The van der Waals surface area contributed by atoms with Gasteiger partial charge in [-0.05, 0) is 36.6 Å². The minimum absolute atomic E-state index is 0. The highest BCUT2D eigenvalue weighted by atomic mass is 127. The van der Waals surface area contributed by atoms with Gasteiger partial charge in [0.15, 0.2) is 11.1 Å². The van der Waals surface area contributed by atoms with E-state index in [1.807, 2.05) is 24.5 Å². The van der Waals surface area contributed by atoms with Crippen LogP contribution in [0.25, 0.3) is 0 Å². The smallest absolute Gasteiger partial charge is 0.190 e. The molecule has 1 heterocycles. The van der Waals surface area contributed by atoms with Gasteiger partial charge in [-0.3, -0.25) is 4.99 Å². The van der Waals surface area contributed by atoms with Crippen molar-refractivity contribution in [3.8, 4) is 0 Å². The van der Waals surface area contributed by atoms with E-state index in [1.165, 1.54) is 0 Å². The predicted molar refractivity (Wildman–Crippen MR) is 135 cm³/mol. The summed E-state index contributed by atoms with van der Waals surface area (Å²) in [4.78, 5) is 4.29. The van der Waals surface area contributed by atoms with E-state index >= 15 is 0 Å². The third-order valence-electron chi connectivity index (χ3n) is 4.26. The number of aliphatic imine (C=N–C) groups is 1. The van der Waals surface area contributed by atoms with Gasteiger partial charge in [-0.15, -0.1) is 34.2 Å². The maximum absolute atomic E-state index is 6.20. The number of hydrogen-bond donors (Lipinski definition) is 2. The number of guanidine groups is 1. The molecule has 6 nitrogen and oxygen atoms in total. The second-order valence-corrected chi connectivity index (χ2v) is 8.16. The van der Waals surface area contributed by atoms with E-state index < -0.39 is 0 Å². The van der Waals surface area contributed by atoms with Crippen LogP contribution in [0.5, 0.6) is 0 Å². The number of thioether (sulfide) groups is 1. The van der Waals surface area contributed by atoms with E-state index in [0.29, 0.717) is 5.92 Å². The summed E-state index contributed by atoms with van der Waals surface area (Å²) in [6, 6.07) is 7.93. The molecule has 0 fully saturated rings. The normalized spacial score (nSPS) is 11.4. The highest BCUT2D eigenvalue weighted by molar-refractivity contribution is 14.0. The number of halogens is 2. The number of hydrogen-bond acceptors (Lipinski definition) is 4. The van der Waals surface area contributed by atoms with Crippen LogP contribution in [0.3, 0.4) is 0 Å². The molecule has 2 rings (SSSR count). The molecule has 0 radical (unpaired) electrons. The van der Waals surface area contributed by atoms with Gasteiger partial charge >= 0.3 is 0 Å². The molecule has 0 aliphatic carbocycles. The molecular weight excluding hydrogens is 519 g/mol.